The van der Waals surface area contributed by atoms with E-state index in [0.29, 0.717) is 28.3 Å². The highest BCUT2D eigenvalue weighted by Crippen LogP contribution is 2.32. The van der Waals surface area contributed by atoms with Gasteiger partial charge in [0.05, 0.1) is 11.8 Å². The van der Waals surface area contributed by atoms with Crippen molar-refractivity contribution in [2.75, 3.05) is 5.32 Å². The number of carbonyl (C=O) groups is 1. The lowest BCUT2D eigenvalue weighted by Crippen LogP contribution is -2.18. The predicted molar refractivity (Wildman–Crippen MR) is 118 cm³/mol. The number of benzene rings is 2. The number of aryl methyl sites for hydroxylation is 1. The first-order valence-corrected chi connectivity index (χ1v) is 9.98. The van der Waals surface area contributed by atoms with Gasteiger partial charge in [-0.3, -0.25) is 4.79 Å². The van der Waals surface area contributed by atoms with Crippen molar-refractivity contribution >= 4 is 34.1 Å². The Morgan fingerprint density at radius 1 is 1.10 bits per heavy atom. The Bertz CT molecular complexity index is 1390. The predicted octanol–water partition coefficient (Wildman–Crippen LogP) is 5.55. The minimum atomic E-state index is -0.172. The topological polar surface area (TPSA) is 86.1 Å². The Hall–Kier alpha value is -3.84. The molecule has 154 valence electrons. The number of carbonyl (C=O) groups excluding carboxylic acids is 1. The first-order chi connectivity index (χ1) is 15.1. The Morgan fingerprint density at radius 2 is 1.94 bits per heavy atom. The SMILES string of the molecule is Cc1ccc(NC(=O)Cn2cc(-c3nnc(-c4ccco4)o3)c3ccccc32)cc1Cl. The number of amides is 1. The molecule has 0 atom stereocenters. The summed E-state index contributed by atoms with van der Waals surface area (Å²) in [6.07, 6.45) is 3.39. The largest absolute Gasteiger partial charge is 0.459 e. The molecule has 0 aliphatic carbocycles. The Balaban J connectivity index is 1.45. The molecule has 5 aromatic rings. The third-order valence-corrected chi connectivity index (χ3v) is 5.35. The van der Waals surface area contributed by atoms with Crippen LogP contribution in [-0.4, -0.2) is 20.7 Å². The van der Waals surface area contributed by atoms with E-state index in [0.717, 1.165) is 22.0 Å². The second kappa shape index (κ2) is 7.77. The van der Waals surface area contributed by atoms with Gasteiger partial charge in [-0.15, -0.1) is 10.2 Å². The van der Waals surface area contributed by atoms with Crippen LogP contribution in [0.1, 0.15) is 5.56 Å². The summed E-state index contributed by atoms with van der Waals surface area (Å²) in [6.45, 7) is 2.03. The van der Waals surface area contributed by atoms with Crippen molar-refractivity contribution in [3.8, 4) is 23.1 Å². The van der Waals surface area contributed by atoms with E-state index in [-0.39, 0.29) is 12.5 Å². The standard InChI is InChI=1S/C23H17ClN4O3/c1-14-8-9-15(11-18(14)24)25-21(29)13-28-12-17(16-5-2-3-6-19(16)28)22-26-27-23(31-22)20-7-4-10-30-20/h2-12H,13H2,1H3,(H,25,29). The summed E-state index contributed by atoms with van der Waals surface area (Å²) < 4.78 is 13.0. The van der Waals surface area contributed by atoms with Crippen molar-refractivity contribution in [1.29, 1.82) is 0 Å². The molecule has 2 aromatic carbocycles. The smallest absolute Gasteiger partial charge is 0.283 e. The fraction of sp³-hybridized carbons (Fsp3) is 0.0870. The zero-order valence-corrected chi connectivity index (χ0v) is 17.3. The molecule has 1 N–H and O–H groups in total. The van der Waals surface area contributed by atoms with Gasteiger partial charge in [0.2, 0.25) is 11.8 Å². The van der Waals surface area contributed by atoms with Gasteiger partial charge in [-0.1, -0.05) is 35.9 Å². The molecule has 7 nitrogen and oxygen atoms in total. The van der Waals surface area contributed by atoms with Gasteiger partial charge >= 0.3 is 0 Å². The summed E-state index contributed by atoms with van der Waals surface area (Å²) in [5.41, 5.74) is 3.23. The summed E-state index contributed by atoms with van der Waals surface area (Å²) >= 11 is 6.16. The van der Waals surface area contributed by atoms with Crippen LogP contribution in [0.2, 0.25) is 5.02 Å². The molecule has 0 fully saturated rings. The Morgan fingerprint density at radius 3 is 2.74 bits per heavy atom. The maximum atomic E-state index is 12.7. The monoisotopic (exact) mass is 432 g/mol. The molecule has 0 radical (unpaired) electrons. The number of hydrogen-bond donors (Lipinski definition) is 1. The van der Waals surface area contributed by atoms with Crippen molar-refractivity contribution in [3.05, 3.63) is 77.6 Å². The van der Waals surface area contributed by atoms with Gasteiger partial charge in [-0.05, 0) is 42.8 Å². The van der Waals surface area contributed by atoms with Crippen molar-refractivity contribution in [3.63, 3.8) is 0 Å². The minimum absolute atomic E-state index is 0.116. The van der Waals surface area contributed by atoms with Gasteiger partial charge in [0.1, 0.15) is 6.54 Å². The van der Waals surface area contributed by atoms with E-state index in [4.69, 9.17) is 20.4 Å². The number of para-hydroxylation sites is 1. The average molecular weight is 433 g/mol. The van der Waals surface area contributed by atoms with Crippen LogP contribution in [0.3, 0.4) is 0 Å². The molecule has 0 aliphatic rings. The molecule has 3 aromatic heterocycles. The lowest BCUT2D eigenvalue weighted by Gasteiger charge is -2.08. The van der Waals surface area contributed by atoms with E-state index in [1.54, 1.807) is 24.5 Å². The van der Waals surface area contributed by atoms with Crippen LogP contribution >= 0.6 is 11.6 Å². The molecule has 0 bridgehead atoms. The lowest BCUT2D eigenvalue weighted by atomic mass is 10.2. The fourth-order valence-corrected chi connectivity index (χ4v) is 3.59. The van der Waals surface area contributed by atoms with Crippen LogP contribution in [0.4, 0.5) is 5.69 Å². The van der Waals surface area contributed by atoms with Gasteiger partial charge < -0.3 is 18.7 Å². The second-order valence-corrected chi connectivity index (χ2v) is 7.50. The van der Waals surface area contributed by atoms with Crippen molar-refractivity contribution in [1.82, 2.24) is 14.8 Å². The molecule has 1 amide bonds. The quantitative estimate of drug-likeness (QED) is 0.393. The number of anilines is 1. The van der Waals surface area contributed by atoms with E-state index in [9.17, 15) is 4.79 Å². The number of hydrogen-bond acceptors (Lipinski definition) is 5. The van der Waals surface area contributed by atoms with Gasteiger partial charge in [0, 0.05) is 27.8 Å². The summed E-state index contributed by atoms with van der Waals surface area (Å²) in [4.78, 5) is 12.7. The van der Waals surface area contributed by atoms with E-state index >= 15 is 0 Å². The molecule has 0 unspecified atom stereocenters. The van der Waals surface area contributed by atoms with Gasteiger partial charge in [0.15, 0.2) is 5.76 Å². The molecule has 0 aliphatic heterocycles. The number of nitrogens with one attached hydrogen (secondary N) is 1. The van der Waals surface area contributed by atoms with Crippen molar-refractivity contribution in [2.24, 2.45) is 0 Å². The summed E-state index contributed by atoms with van der Waals surface area (Å²) in [6, 6.07) is 16.7. The first kappa shape index (κ1) is 19.1. The van der Waals surface area contributed by atoms with E-state index in [1.807, 2.05) is 54.1 Å². The normalized spacial score (nSPS) is 11.2. The molecular weight excluding hydrogens is 416 g/mol. The lowest BCUT2D eigenvalue weighted by molar-refractivity contribution is -0.116. The van der Waals surface area contributed by atoms with E-state index in [2.05, 4.69) is 15.5 Å². The average Bonchev–Trinajstić information content (AvgIpc) is 3.50. The highest BCUT2D eigenvalue weighted by Gasteiger charge is 2.18. The molecule has 5 rings (SSSR count). The van der Waals surface area contributed by atoms with Crippen LogP contribution in [0.25, 0.3) is 34.0 Å². The summed E-state index contributed by atoms with van der Waals surface area (Å²) in [5, 5.41) is 12.6. The zero-order valence-electron chi connectivity index (χ0n) is 16.5. The Kier molecular flexibility index (Phi) is 4.80. The number of aromatic nitrogens is 3. The molecule has 31 heavy (non-hydrogen) atoms. The van der Waals surface area contributed by atoms with Gasteiger partial charge in [-0.25, -0.2) is 0 Å². The number of fused-ring (bicyclic) bond motifs is 1. The second-order valence-electron chi connectivity index (χ2n) is 7.09. The van der Waals surface area contributed by atoms with Crippen molar-refractivity contribution < 1.29 is 13.6 Å². The highest BCUT2D eigenvalue weighted by atomic mass is 35.5. The molecule has 0 saturated heterocycles. The Labute approximate surface area is 182 Å². The third-order valence-electron chi connectivity index (χ3n) is 4.95. The number of rotatable bonds is 5. The molecule has 0 saturated carbocycles. The number of furan rings is 1. The van der Waals surface area contributed by atoms with E-state index in [1.165, 1.54) is 0 Å². The summed E-state index contributed by atoms with van der Waals surface area (Å²) in [7, 11) is 0. The van der Waals surface area contributed by atoms with Crippen LogP contribution in [-0.2, 0) is 11.3 Å². The third kappa shape index (κ3) is 3.71. The number of nitrogens with zero attached hydrogens (tertiary/aromatic N) is 3. The molecular formula is C23H17ClN4O3. The number of halogens is 1. The summed E-state index contributed by atoms with van der Waals surface area (Å²) in [5.74, 6) is 0.977. The van der Waals surface area contributed by atoms with Gasteiger partial charge in [0.25, 0.3) is 5.89 Å². The van der Waals surface area contributed by atoms with E-state index < -0.39 is 0 Å². The highest BCUT2D eigenvalue weighted by molar-refractivity contribution is 6.31. The zero-order chi connectivity index (χ0) is 21.4. The van der Waals surface area contributed by atoms with Crippen LogP contribution < -0.4 is 5.32 Å². The molecule has 8 heteroatoms. The molecule has 3 heterocycles. The first-order valence-electron chi connectivity index (χ1n) is 9.60. The van der Waals surface area contributed by atoms with Crippen LogP contribution in [0, 0.1) is 6.92 Å². The molecule has 0 spiro atoms. The van der Waals surface area contributed by atoms with Crippen molar-refractivity contribution in [2.45, 2.75) is 13.5 Å². The maximum absolute atomic E-state index is 12.7. The van der Waals surface area contributed by atoms with Gasteiger partial charge in [-0.2, -0.15) is 0 Å². The van der Waals surface area contributed by atoms with Crippen LogP contribution in [0.5, 0.6) is 0 Å². The minimum Gasteiger partial charge on any atom is -0.459 e. The maximum Gasteiger partial charge on any atom is 0.283 e. The fourth-order valence-electron chi connectivity index (χ4n) is 3.41. The van der Waals surface area contributed by atoms with Crippen LogP contribution in [0.15, 0.2) is 75.9 Å².